The third kappa shape index (κ3) is 3.21. The van der Waals surface area contributed by atoms with Gasteiger partial charge in [-0.2, -0.15) is 0 Å². The molecule has 0 atom stereocenters. The summed E-state index contributed by atoms with van der Waals surface area (Å²) in [6.07, 6.45) is 1.89. The lowest BCUT2D eigenvalue weighted by atomic mass is 9.96. The van der Waals surface area contributed by atoms with E-state index in [1.165, 1.54) is 11.3 Å². The first-order valence-electron chi connectivity index (χ1n) is 7.50. The lowest BCUT2D eigenvalue weighted by Gasteiger charge is -2.26. The molecule has 2 aromatic heterocycles. The Hall–Kier alpha value is -1.59. The quantitative estimate of drug-likeness (QED) is 0.657. The van der Waals surface area contributed by atoms with Gasteiger partial charge in [0.2, 0.25) is 0 Å². The molecule has 1 aromatic carbocycles. The number of amides is 1. The van der Waals surface area contributed by atoms with Crippen LogP contribution in [-0.2, 0) is 5.88 Å². The Morgan fingerprint density at radius 2 is 2.13 bits per heavy atom. The van der Waals surface area contributed by atoms with Crippen LogP contribution in [0, 0.1) is 5.41 Å². The zero-order chi connectivity index (χ0) is 16.8. The second-order valence-corrected chi connectivity index (χ2v) is 8.31. The van der Waals surface area contributed by atoms with Crippen molar-refractivity contribution in [1.29, 1.82) is 0 Å². The van der Waals surface area contributed by atoms with E-state index in [-0.39, 0.29) is 11.3 Å². The Labute approximate surface area is 144 Å². The van der Waals surface area contributed by atoms with Crippen LogP contribution in [0.1, 0.15) is 36.0 Å². The van der Waals surface area contributed by atoms with Crippen molar-refractivity contribution in [3.8, 4) is 0 Å². The molecule has 0 aliphatic heterocycles. The standard InChI is InChI=1S/C17H20ClN3OS/c1-17(2,3)10-20(4)15(22)14-9-21-13-6-5-11(8-18)7-12(13)19-16(21)23-14/h5-7,9H,8,10H2,1-4H3. The second kappa shape index (κ2) is 5.80. The molecule has 1 amide bonds. The maximum atomic E-state index is 12.6. The smallest absolute Gasteiger partial charge is 0.265 e. The van der Waals surface area contributed by atoms with E-state index in [2.05, 4.69) is 25.8 Å². The molecule has 0 bridgehead atoms. The summed E-state index contributed by atoms with van der Waals surface area (Å²) < 4.78 is 1.98. The fraction of sp³-hybridized carbons (Fsp3) is 0.412. The Morgan fingerprint density at radius 1 is 1.39 bits per heavy atom. The summed E-state index contributed by atoms with van der Waals surface area (Å²) in [5, 5.41) is 0. The van der Waals surface area contributed by atoms with Crippen LogP contribution in [0.2, 0.25) is 0 Å². The molecule has 0 aliphatic rings. The van der Waals surface area contributed by atoms with Crippen molar-refractivity contribution >= 4 is 44.8 Å². The highest BCUT2D eigenvalue weighted by Gasteiger charge is 2.21. The van der Waals surface area contributed by atoms with E-state index in [9.17, 15) is 4.79 Å². The number of alkyl halides is 1. The lowest BCUT2D eigenvalue weighted by molar-refractivity contribution is 0.0750. The van der Waals surface area contributed by atoms with Crippen LogP contribution in [-0.4, -0.2) is 33.8 Å². The van der Waals surface area contributed by atoms with Gasteiger partial charge < -0.3 is 4.90 Å². The molecule has 23 heavy (non-hydrogen) atoms. The van der Waals surface area contributed by atoms with Crippen molar-refractivity contribution in [1.82, 2.24) is 14.3 Å². The number of hydrogen-bond donors (Lipinski definition) is 0. The average Bonchev–Trinajstić information content (AvgIpc) is 3.01. The van der Waals surface area contributed by atoms with Gasteiger partial charge in [0, 0.05) is 25.7 Å². The van der Waals surface area contributed by atoms with Crippen molar-refractivity contribution in [3.05, 3.63) is 34.8 Å². The molecular formula is C17H20ClN3OS. The van der Waals surface area contributed by atoms with Gasteiger partial charge in [-0.1, -0.05) is 38.2 Å². The van der Waals surface area contributed by atoms with Gasteiger partial charge in [0.15, 0.2) is 4.96 Å². The van der Waals surface area contributed by atoms with Gasteiger partial charge in [-0.3, -0.25) is 9.20 Å². The average molecular weight is 350 g/mol. The van der Waals surface area contributed by atoms with Crippen molar-refractivity contribution in [3.63, 3.8) is 0 Å². The van der Waals surface area contributed by atoms with E-state index in [0.717, 1.165) is 21.6 Å². The zero-order valence-corrected chi connectivity index (χ0v) is 15.3. The Morgan fingerprint density at radius 3 is 2.78 bits per heavy atom. The highest BCUT2D eigenvalue weighted by Crippen LogP contribution is 2.26. The highest BCUT2D eigenvalue weighted by atomic mass is 35.5. The Bertz CT molecular complexity index is 875. The van der Waals surface area contributed by atoms with E-state index in [1.54, 1.807) is 4.90 Å². The Kier molecular flexibility index (Phi) is 4.10. The van der Waals surface area contributed by atoms with Gasteiger partial charge in [-0.05, 0) is 23.1 Å². The van der Waals surface area contributed by atoms with E-state index >= 15 is 0 Å². The number of imidazole rings is 1. The molecule has 0 N–H and O–H groups in total. The van der Waals surface area contributed by atoms with Crippen molar-refractivity contribution in [2.75, 3.05) is 13.6 Å². The minimum absolute atomic E-state index is 0.0425. The number of carbonyl (C=O) groups is 1. The third-order valence-electron chi connectivity index (χ3n) is 3.59. The molecule has 2 heterocycles. The second-order valence-electron chi connectivity index (χ2n) is 7.04. The fourth-order valence-electron chi connectivity index (χ4n) is 2.71. The number of hydrogen-bond acceptors (Lipinski definition) is 3. The van der Waals surface area contributed by atoms with Crippen molar-refractivity contribution in [2.45, 2.75) is 26.7 Å². The molecule has 3 rings (SSSR count). The number of carbonyl (C=O) groups excluding carboxylic acids is 1. The minimum Gasteiger partial charge on any atom is -0.340 e. The molecule has 6 heteroatoms. The summed E-state index contributed by atoms with van der Waals surface area (Å²) in [4.78, 5) is 20.5. The normalized spacial score (nSPS) is 12.2. The number of thiazole rings is 1. The van der Waals surface area contributed by atoms with Gasteiger partial charge in [0.1, 0.15) is 4.88 Å². The van der Waals surface area contributed by atoms with Gasteiger partial charge in [0.05, 0.1) is 11.0 Å². The van der Waals surface area contributed by atoms with Crippen LogP contribution in [0.5, 0.6) is 0 Å². The van der Waals surface area contributed by atoms with Gasteiger partial charge >= 0.3 is 0 Å². The number of fused-ring (bicyclic) bond motifs is 3. The predicted octanol–water partition coefficient (Wildman–Crippen LogP) is 4.41. The molecule has 0 spiro atoms. The summed E-state index contributed by atoms with van der Waals surface area (Å²) in [6.45, 7) is 7.09. The summed E-state index contributed by atoms with van der Waals surface area (Å²) in [7, 11) is 1.85. The monoisotopic (exact) mass is 349 g/mol. The topological polar surface area (TPSA) is 37.6 Å². The first kappa shape index (κ1) is 16.3. The van der Waals surface area contributed by atoms with Crippen LogP contribution in [0.3, 0.4) is 0 Å². The van der Waals surface area contributed by atoms with E-state index in [0.29, 0.717) is 17.3 Å². The molecule has 0 radical (unpaired) electrons. The van der Waals surface area contributed by atoms with Crippen molar-refractivity contribution < 1.29 is 4.79 Å². The number of benzene rings is 1. The summed E-state index contributed by atoms with van der Waals surface area (Å²) in [5.74, 6) is 0.517. The van der Waals surface area contributed by atoms with Crippen molar-refractivity contribution in [2.24, 2.45) is 5.41 Å². The predicted molar refractivity (Wildman–Crippen MR) is 96.5 cm³/mol. The maximum Gasteiger partial charge on any atom is 0.265 e. The third-order valence-corrected chi connectivity index (χ3v) is 4.87. The molecule has 0 saturated carbocycles. The van der Waals surface area contributed by atoms with Crippen LogP contribution in [0.4, 0.5) is 0 Å². The van der Waals surface area contributed by atoms with Gasteiger partial charge in [-0.15, -0.1) is 11.6 Å². The van der Waals surface area contributed by atoms with E-state index in [1.807, 2.05) is 35.8 Å². The molecule has 0 unspecified atom stereocenters. The molecule has 0 aliphatic carbocycles. The zero-order valence-electron chi connectivity index (χ0n) is 13.8. The summed E-state index contributed by atoms with van der Waals surface area (Å²) in [6, 6.07) is 6.00. The molecule has 0 saturated heterocycles. The summed E-state index contributed by atoms with van der Waals surface area (Å²) in [5.41, 5.74) is 3.04. The number of aromatic nitrogens is 2. The molecular weight excluding hydrogens is 330 g/mol. The first-order valence-corrected chi connectivity index (χ1v) is 8.85. The van der Waals surface area contributed by atoms with E-state index < -0.39 is 0 Å². The van der Waals surface area contributed by atoms with Crippen LogP contribution in [0.15, 0.2) is 24.4 Å². The number of halogens is 1. The van der Waals surface area contributed by atoms with E-state index in [4.69, 9.17) is 11.6 Å². The summed E-state index contributed by atoms with van der Waals surface area (Å²) >= 11 is 7.30. The van der Waals surface area contributed by atoms with Gasteiger partial charge in [0.25, 0.3) is 5.91 Å². The largest absolute Gasteiger partial charge is 0.340 e. The molecule has 3 aromatic rings. The molecule has 4 nitrogen and oxygen atoms in total. The van der Waals surface area contributed by atoms with Gasteiger partial charge in [-0.25, -0.2) is 4.98 Å². The molecule has 0 fully saturated rings. The molecule has 122 valence electrons. The Balaban J connectivity index is 1.96. The number of rotatable bonds is 3. The minimum atomic E-state index is 0.0425. The number of nitrogens with zero attached hydrogens (tertiary/aromatic N) is 3. The SMILES string of the molecule is CN(CC(C)(C)C)C(=O)c1cn2c(nc3cc(CCl)ccc32)s1. The van der Waals surface area contributed by atoms with Crippen LogP contribution < -0.4 is 0 Å². The maximum absolute atomic E-state index is 12.6. The lowest BCUT2D eigenvalue weighted by Crippen LogP contribution is -2.34. The fourth-order valence-corrected chi connectivity index (χ4v) is 3.87. The first-order chi connectivity index (χ1) is 10.8. The highest BCUT2D eigenvalue weighted by molar-refractivity contribution is 7.18. The van der Waals surface area contributed by atoms with Crippen LogP contribution >= 0.6 is 22.9 Å². The van der Waals surface area contributed by atoms with Crippen LogP contribution in [0.25, 0.3) is 16.0 Å².